The molecule has 0 spiro atoms. The molecule has 2 aliphatic heterocycles. The van der Waals surface area contributed by atoms with Crippen molar-refractivity contribution in [3.63, 3.8) is 0 Å². The van der Waals surface area contributed by atoms with Gasteiger partial charge in [-0.05, 0) is 32.4 Å². The zero-order chi connectivity index (χ0) is 20.6. The molecule has 1 aromatic heterocycles. The third-order valence-corrected chi connectivity index (χ3v) is 5.79. The van der Waals surface area contributed by atoms with Gasteiger partial charge in [0, 0.05) is 31.7 Å². The molecule has 1 atom stereocenters. The van der Waals surface area contributed by atoms with Crippen LogP contribution >= 0.6 is 0 Å². The highest BCUT2D eigenvalue weighted by atomic mass is 16.5. The number of aromatic nitrogens is 2. The number of ether oxygens (including phenoxy) is 1. The van der Waals surface area contributed by atoms with Crippen molar-refractivity contribution in [2.75, 3.05) is 52.5 Å². The number of benzene rings is 1. The molecule has 0 aliphatic carbocycles. The van der Waals surface area contributed by atoms with E-state index in [1.807, 2.05) is 30.3 Å². The van der Waals surface area contributed by atoms with E-state index >= 15 is 0 Å². The quantitative estimate of drug-likeness (QED) is 0.661. The lowest BCUT2D eigenvalue weighted by atomic mass is 9.97. The predicted molar refractivity (Wildman–Crippen MR) is 113 cm³/mol. The summed E-state index contributed by atoms with van der Waals surface area (Å²) in [7, 11) is 0. The van der Waals surface area contributed by atoms with Crippen LogP contribution in [0.25, 0.3) is 11.4 Å². The van der Waals surface area contributed by atoms with Gasteiger partial charge in [0.25, 0.3) is 0 Å². The number of likely N-dealkylation sites (tertiary alicyclic amines) is 1. The maximum absolute atomic E-state index is 12.6. The summed E-state index contributed by atoms with van der Waals surface area (Å²) in [6.45, 7) is 7.63. The first-order valence-electron chi connectivity index (χ1n) is 11.0. The van der Waals surface area contributed by atoms with E-state index in [2.05, 4.69) is 25.3 Å². The van der Waals surface area contributed by atoms with Crippen LogP contribution in [-0.4, -0.2) is 78.3 Å². The largest absolute Gasteiger partial charge is 0.379 e. The Morgan fingerprint density at radius 3 is 2.80 bits per heavy atom. The minimum atomic E-state index is 0.0265. The number of amides is 1. The van der Waals surface area contributed by atoms with E-state index in [-0.39, 0.29) is 11.8 Å². The van der Waals surface area contributed by atoms with Gasteiger partial charge in [-0.2, -0.15) is 4.98 Å². The molecule has 2 saturated heterocycles. The molecule has 0 bridgehead atoms. The Bertz CT molecular complexity index is 791. The van der Waals surface area contributed by atoms with E-state index in [1.165, 1.54) is 0 Å². The van der Waals surface area contributed by atoms with Crippen LogP contribution < -0.4 is 5.32 Å². The highest BCUT2D eigenvalue weighted by Crippen LogP contribution is 2.20. The molecule has 2 aliphatic rings. The molecule has 2 aromatic rings. The molecular formula is C22H31N5O3. The van der Waals surface area contributed by atoms with E-state index < -0.39 is 0 Å². The molecule has 30 heavy (non-hydrogen) atoms. The molecule has 1 N–H and O–H groups in total. The molecule has 3 heterocycles. The summed E-state index contributed by atoms with van der Waals surface area (Å²) >= 11 is 0. The number of nitrogens with one attached hydrogen (secondary N) is 1. The molecule has 162 valence electrons. The fourth-order valence-electron chi connectivity index (χ4n) is 4.11. The van der Waals surface area contributed by atoms with Gasteiger partial charge in [0.05, 0.1) is 25.7 Å². The van der Waals surface area contributed by atoms with Crippen LogP contribution in [0.3, 0.4) is 0 Å². The van der Waals surface area contributed by atoms with Crippen LogP contribution in [0.4, 0.5) is 0 Å². The summed E-state index contributed by atoms with van der Waals surface area (Å²) in [5.41, 5.74) is 0.945. The maximum atomic E-state index is 12.6. The van der Waals surface area contributed by atoms with Crippen LogP contribution in [0, 0.1) is 5.92 Å². The number of nitrogens with zero attached hydrogens (tertiary/aromatic N) is 4. The number of piperidine rings is 1. The Morgan fingerprint density at radius 1 is 1.13 bits per heavy atom. The van der Waals surface area contributed by atoms with Gasteiger partial charge >= 0.3 is 0 Å². The van der Waals surface area contributed by atoms with Crippen molar-refractivity contribution in [2.24, 2.45) is 5.92 Å². The van der Waals surface area contributed by atoms with E-state index in [4.69, 9.17) is 9.26 Å². The number of hydrogen-bond donors (Lipinski definition) is 1. The Balaban J connectivity index is 1.20. The first-order valence-corrected chi connectivity index (χ1v) is 11.0. The second-order valence-electron chi connectivity index (χ2n) is 8.05. The van der Waals surface area contributed by atoms with E-state index in [9.17, 15) is 4.79 Å². The van der Waals surface area contributed by atoms with Crippen molar-refractivity contribution in [3.8, 4) is 11.4 Å². The highest BCUT2D eigenvalue weighted by Gasteiger charge is 2.26. The standard InChI is InChI=1S/C22H31N5O3/c28-22(23-9-5-11-26-12-14-29-15-13-26)19-8-4-10-27(16-19)17-20-24-21(25-30-20)18-6-2-1-3-7-18/h1-3,6-7,19H,4-5,8-17H2,(H,23,28). The fraction of sp³-hybridized carbons (Fsp3) is 0.591. The second-order valence-corrected chi connectivity index (χ2v) is 8.05. The van der Waals surface area contributed by atoms with E-state index in [0.717, 1.165) is 77.3 Å². The normalized spacial score (nSPS) is 20.9. The molecule has 8 nitrogen and oxygen atoms in total. The van der Waals surface area contributed by atoms with Gasteiger partial charge in [0.15, 0.2) is 0 Å². The smallest absolute Gasteiger partial charge is 0.241 e. The van der Waals surface area contributed by atoms with Crippen molar-refractivity contribution >= 4 is 5.91 Å². The third kappa shape index (κ3) is 5.87. The zero-order valence-corrected chi connectivity index (χ0v) is 17.5. The Kier molecular flexibility index (Phi) is 7.44. The third-order valence-electron chi connectivity index (χ3n) is 5.79. The number of carbonyl (C=O) groups excluding carboxylic acids is 1. The van der Waals surface area contributed by atoms with Gasteiger partial charge < -0.3 is 14.6 Å². The minimum absolute atomic E-state index is 0.0265. The van der Waals surface area contributed by atoms with Gasteiger partial charge in [0.1, 0.15) is 0 Å². The van der Waals surface area contributed by atoms with Gasteiger partial charge in [-0.3, -0.25) is 14.6 Å². The van der Waals surface area contributed by atoms with E-state index in [0.29, 0.717) is 18.3 Å². The zero-order valence-electron chi connectivity index (χ0n) is 17.5. The van der Waals surface area contributed by atoms with Crippen molar-refractivity contribution in [1.82, 2.24) is 25.3 Å². The van der Waals surface area contributed by atoms with Crippen molar-refractivity contribution in [1.29, 1.82) is 0 Å². The van der Waals surface area contributed by atoms with Gasteiger partial charge in [0.2, 0.25) is 17.6 Å². The lowest BCUT2D eigenvalue weighted by molar-refractivity contribution is -0.126. The van der Waals surface area contributed by atoms with Gasteiger partial charge in [-0.25, -0.2) is 0 Å². The Morgan fingerprint density at radius 2 is 1.97 bits per heavy atom. The highest BCUT2D eigenvalue weighted by molar-refractivity contribution is 5.78. The first kappa shape index (κ1) is 21.0. The summed E-state index contributed by atoms with van der Waals surface area (Å²) in [6.07, 6.45) is 2.92. The van der Waals surface area contributed by atoms with E-state index in [1.54, 1.807) is 0 Å². The summed E-state index contributed by atoms with van der Waals surface area (Å²) in [5, 5.41) is 7.22. The van der Waals surface area contributed by atoms with Gasteiger partial charge in [-0.1, -0.05) is 35.5 Å². The summed E-state index contributed by atoms with van der Waals surface area (Å²) in [6, 6.07) is 9.82. The molecule has 1 amide bonds. The Hall–Kier alpha value is -2.29. The maximum Gasteiger partial charge on any atom is 0.241 e. The van der Waals surface area contributed by atoms with Crippen molar-refractivity contribution in [2.45, 2.75) is 25.8 Å². The lowest BCUT2D eigenvalue weighted by Gasteiger charge is -2.31. The topological polar surface area (TPSA) is 83.7 Å². The number of carbonyl (C=O) groups is 1. The SMILES string of the molecule is O=C(NCCCN1CCOCC1)C1CCCN(Cc2nc(-c3ccccc3)no2)C1. The molecule has 1 aromatic carbocycles. The monoisotopic (exact) mass is 413 g/mol. The van der Waals surface area contributed by atoms with Gasteiger partial charge in [-0.15, -0.1) is 0 Å². The minimum Gasteiger partial charge on any atom is -0.379 e. The molecule has 0 saturated carbocycles. The number of hydrogen-bond acceptors (Lipinski definition) is 7. The number of rotatable bonds is 8. The second kappa shape index (κ2) is 10.7. The molecule has 8 heteroatoms. The summed E-state index contributed by atoms with van der Waals surface area (Å²) in [5.74, 6) is 1.40. The molecule has 2 fully saturated rings. The van der Waals surface area contributed by atoms with Crippen LogP contribution in [-0.2, 0) is 16.1 Å². The number of morpholine rings is 1. The van der Waals surface area contributed by atoms with Crippen LogP contribution in [0.15, 0.2) is 34.9 Å². The van der Waals surface area contributed by atoms with Crippen LogP contribution in [0.2, 0.25) is 0 Å². The molecule has 1 unspecified atom stereocenters. The summed E-state index contributed by atoms with van der Waals surface area (Å²) < 4.78 is 10.8. The average molecular weight is 414 g/mol. The summed E-state index contributed by atoms with van der Waals surface area (Å²) in [4.78, 5) is 21.8. The predicted octanol–water partition coefficient (Wildman–Crippen LogP) is 1.79. The molecule has 4 rings (SSSR count). The Labute approximate surface area is 177 Å². The fourth-order valence-corrected chi connectivity index (χ4v) is 4.11. The van der Waals surface area contributed by atoms with Crippen molar-refractivity contribution in [3.05, 3.63) is 36.2 Å². The molecule has 0 radical (unpaired) electrons. The van der Waals surface area contributed by atoms with Crippen LogP contribution in [0.1, 0.15) is 25.2 Å². The van der Waals surface area contributed by atoms with Crippen LogP contribution in [0.5, 0.6) is 0 Å². The molecular weight excluding hydrogens is 382 g/mol. The van der Waals surface area contributed by atoms with Crippen molar-refractivity contribution < 1.29 is 14.1 Å². The first-order chi connectivity index (χ1) is 14.8. The lowest BCUT2D eigenvalue weighted by Crippen LogP contribution is -2.43. The average Bonchev–Trinajstić information content (AvgIpc) is 3.26.